The normalized spacial score (nSPS) is 12.6. The Bertz CT molecular complexity index is 392. The van der Waals surface area contributed by atoms with Crippen molar-refractivity contribution in [3.05, 3.63) is 22.7 Å². The number of halogens is 1. The van der Waals surface area contributed by atoms with Gasteiger partial charge in [0.15, 0.2) is 0 Å². The Labute approximate surface area is 114 Å². The Kier molecular flexibility index (Phi) is 5.76. The maximum atomic E-state index is 6.32. The number of ether oxygens (including phenoxy) is 2. The van der Waals surface area contributed by atoms with Crippen LogP contribution in [0.5, 0.6) is 11.5 Å². The predicted molar refractivity (Wildman–Crippen MR) is 75.6 cm³/mol. The van der Waals surface area contributed by atoms with Gasteiger partial charge in [0, 0.05) is 11.6 Å². The summed E-state index contributed by atoms with van der Waals surface area (Å²) in [6, 6.07) is 3.70. The molecule has 3 nitrogen and oxygen atoms in total. The van der Waals surface area contributed by atoms with Crippen molar-refractivity contribution in [3.8, 4) is 11.5 Å². The Morgan fingerprint density at radius 1 is 1.17 bits per heavy atom. The van der Waals surface area contributed by atoms with E-state index in [1.165, 1.54) is 0 Å². The average molecular weight is 272 g/mol. The molecule has 0 aliphatic carbocycles. The number of methoxy groups -OCH3 is 2. The van der Waals surface area contributed by atoms with E-state index >= 15 is 0 Å². The maximum absolute atomic E-state index is 6.32. The molecule has 4 heteroatoms. The summed E-state index contributed by atoms with van der Waals surface area (Å²) in [6.07, 6.45) is 2.06. The van der Waals surface area contributed by atoms with Gasteiger partial charge in [0.25, 0.3) is 0 Å². The summed E-state index contributed by atoms with van der Waals surface area (Å²) in [6.45, 7) is 4.29. The van der Waals surface area contributed by atoms with Crippen molar-refractivity contribution in [1.82, 2.24) is 0 Å². The molecular weight excluding hydrogens is 250 g/mol. The molecule has 1 atom stereocenters. The van der Waals surface area contributed by atoms with Crippen molar-refractivity contribution in [2.24, 2.45) is 11.7 Å². The highest BCUT2D eigenvalue weighted by Crippen LogP contribution is 2.41. The van der Waals surface area contributed by atoms with Gasteiger partial charge in [-0.25, -0.2) is 0 Å². The van der Waals surface area contributed by atoms with Crippen LogP contribution in [-0.2, 0) is 0 Å². The van der Waals surface area contributed by atoms with E-state index in [0.717, 1.165) is 18.4 Å². The van der Waals surface area contributed by atoms with Gasteiger partial charge in [-0.2, -0.15) is 0 Å². The molecular formula is C14H22ClNO2. The van der Waals surface area contributed by atoms with E-state index in [1.54, 1.807) is 14.2 Å². The molecule has 0 fully saturated rings. The lowest BCUT2D eigenvalue weighted by molar-refractivity contribution is 0.365. The van der Waals surface area contributed by atoms with E-state index in [2.05, 4.69) is 13.8 Å². The molecule has 0 radical (unpaired) electrons. The minimum Gasteiger partial charge on any atom is -0.495 e. The van der Waals surface area contributed by atoms with E-state index in [4.69, 9.17) is 26.8 Å². The monoisotopic (exact) mass is 271 g/mol. The first-order chi connectivity index (χ1) is 8.60. The molecule has 0 saturated heterocycles. The topological polar surface area (TPSA) is 44.5 Å². The van der Waals surface area contributed by atoms with E-state index in [0.29, 0.717) is 22.4 Å². The molecule has 0 amide bonds. The molecule has 0 heterocycles. The average Bonchev–Trinajstić information content (AvgIpc) is 2.39. The van der Waals surface area contributed by atoms with Gasteiger partial charge < -0.3 is 15.2 Å². The molecule has 18 heavy (non-hydrogen) atoms. The van der Waals surface area contributed by atoms with Crippen LogP contribution in [-0.4, -0.2) is 14.2 Å². The highest BCUT2D eigenvalue weighted by Gasteiger charge is 2.22. The number of hydrogen-bond acceptors (Lipinski definition) is 3. The first-order valence-corrected chi connectivity index (χ1v) is 6.64. The van der Waals surface area contributed by atoms with Gasteiger partial charge in [0.2, 0.25) is 0 Å². The smallest absolute Gasteiger partial charge is 0.146 e. The molecule has 0 aliphatic rings. The van der Waals surface area contributed by atoms with Gasteiger partial charge in [-0.3, -0.25) is 0 Å². The lowest BCUT2D eigenvalue weighted by Crippen LogP contribution is -2.21. The first-order valence-electron chi connectivity index (χ1n) is 6.26. The van der Waals surface area contributed by atoms with E-state index in [1.807, 2.05) is 12.1 Å². The molecule has 1 unspecified atom stereocenters. The van der Waals surface area contributed by atoms with Crippen LogP contribution in [0.15, 0.2) is 12.1 Å². The molecule has 1 rings (SSSR count). The molecule has 0 spiro atoms. The van der Waals surface area contributed by atoms with E-state index < -0.39 is 0 Å². The highest BCUT2D eigenvalue weighted by atomic mass is 35.5. The molecule has 0 bridgehead atoms. The molecule has 0 aromatic heterocycles. The number of nitrogens with two attached hydrogens (primary N) is 1. The van der Waals surface area contributed by atoms with Crippen LogP contribution in [0.2, 0.25) is 5.02 Å². The Hall–Kier alpha value is -0.930. The van der Waals surface area contributed by atoms with Gasteiger partial charge in [-0.05, 0) is 18.1 Å². The van der Waals surface area contributed by atoms with Crippen LogP contribution in [0.4, 0.5) is 0 Å². The third kappa shape index (κ3) is 2.90. The maximum Gasteiger partial charge on any atom is 0.146 e. The fraction of sp³-hybridized carbons (Fsp3) is 0.571. The van der Waals surface area contributed by atoms with Crippen molar-refractivity contribution in [3.63, 3.8) is 0 Å². The zero-order valence-electron chi connectivity index (χ0n) is 11.5. The highest BCUT2D eigenvalue weighted by molar-refractivity contribution is 6.33. The Morgan fingerprint density at radius 2 is 1.78 bits per heavy atom. The van der Waals surface area contributed by atoms with Crippen molar-refractivity contribution in [2.45, 2.75) is 32.7 Å². The van der Waals surface area contributed by atoms with Crippen LogP contribution >= 0.6 is 11.6 Å². The fourth-order valence-electron chi connectivity index (χ4n) is 2.23. The zero-order chi connectivity index (χ0) is 13.7. The van der Waals surface area contributed by atoms with Crippen molar-refractivity contribution >= 4 is 11.6 Å². The van der Waals surface area contributed by atoms with Crippen molar-refractivity contribution in [2.75, 3.05) is 14.2 Å². The molecule has 1 aromatic rings. The van der Waals surface area contributed by atoms with Crippen LogP contribution in [0.25, 0.3) is 0 Å². The lowest BCUT2D eigenvalue weighted by atomic mass is 9.89. The molecule has 1 aromatic carbocycles. The number of rotatable bonds is 6. The quantitative estimate of drug-likeness (QED) is 0.856. The second-order valence-electron chi connectivity index (χ2n) is 4.31. The fourth-order valence-corrected chi connectivity index (χ4v) is 2.56. The standard InChI is InChI=1S/C14H22ClNO2/c1-5-9(6-2)13(16)10-7-8-11(17-3)12(15)14(10)18-4/h7-9,13H,5-6,16H2,1-4H3. The number of benzene rings is 1. The summed E-state index contributed by atoms with van der Waals surface area (Å²) < 4.78 is 10.6. The van der Waals surface area contributed by atoms with Gasteiger partial charge in [-0.15, -0.1) is 0 Å². The third-order valence-corrected chi connectivity index (χ3v) is 3.79. The van der Waals surface area contributed by atoms with Crippen LogP contribution < -0.4 is 15.2 Å². The minimum atomic E-state index is -0.0710. The van der Waals surface area contributed by atoms with Crippen LogP contribution in [0.3, 0.4) is 0 Å². The number of hydrogen-bond donors (Lipinski definition) is 1. The molecule has 2 N–H and O–H groups in total. The van der Waals surface area contributed by atoms with E-state index in [-0.39, 0.29) is 6.04 Å². The van der Waals surface area contributed by atoms with Gasteiger partial charge >= 0.3 is 0 Å². The van der Waals surface area contributed by atoms with Crippen molar-refractivity contribution < 1.29 is 9.47 Å². The summed E-state index contributed by atoms with van der Waals surface area (Å²) in [5.74, 6) is 1.65. The summed E-state index contributed by atoms with van der Waals surface area (Å²) in [4.78, 5) is 0. The third-order valence-electron chi connectivity index (χ3n) is 3.43. The molecule has 0 aliphatic heterocycles. The SMILES string of the molecule is CCC(CC)C(N)c1ccc(OC)c(Cl)c1OC. The Balaban J connectivity index is 3.20. The van der Waals surface area contributed by atoms with Crippen LogP contribution in [0, 0.1) is 5.92 Å². The Morgan fingerprint density at radius 3 is 2.22 bits per heavy atom. The van der Waals surface area contributed by atoms with Gasteiger partial charge in [-0.1, -0.05) is 38.3 Å². The van der Waals surface area contributed by atoms with Gasteiger partial charge in [0.05, 0.1) is 14.2 Å². The minimum absolute atomic E-state index is 0.0710. The first kappa shape index (κ1) is 15.1. The second kappa shape index (κ2) is 6.86. The molecule has 0 saturated carbocycles. The zero-order valence-corrected chi connectivity index (χ0v) is 12.3. The largest absolute Gasteiger partial charge is 0.495 e. The second-order valence-corrected chi connectivity index (χ2v) is 4.68. The lowest BCUT2D eigenvalue weighted by Gasteiger charge is -2.24. The predicted octanol–water partition coefficient (Wildman–Crippen LogP) is 3.79. The van der Waals surface area contributed by atoms with Crippen LogP contribution in [0.1, 0.15) is 38.3 Å². The summed E-state index contributed by atoms with van der Waals surface area (Å²) in [7, 11) is 3.19. The summed E-state index contributed by atoms with van der Waals surface area (Å²) in [5.41, 5.74) is 7.26. The van der Waals surface area contributed by atoms with Gasteiger partial charge in [0.1, 0.15) is 16.5 Å². The summed E-state index contributed by atoms with van der Waals surface area (Å²) in [5, 5.41) is 0.485. The van der Waals surface area contributed by atoms with Crippen molar-refractivity contribution in [1.29, 1.82) is 0 Å². The summed E-state index contributed by atoms with van der Waals surface area (Å²) >= 11 is 6.24. The van der Waals surface area contributed by atoms with E-state index in [9.17, 15) is 0 Å². The molecule has 102 valence electrons.